The predicted octanol–water partition coefficient (Wildman–Crippen LogP) is 5.99. The summed E-state index contributed by atoms with van der Waals surface area (Å²) in [5.74, 6) is -0.277. The zero-order valence-corrected chi connectivity index (χ0v) is 16.5. The maximum Gasteiger partial charge on any atom is 0.175 e. The van der Waals surface area contributed by atoms with Gasteiger partial charge in [-0.3, -0.25) is 0 Å². The number of hydrogen-bond donors (Lipinski definition) is 0. The minimum atomic E-state index is -3.21. The van der Waals surface area contributed by atoms with Crippen LogP contribution in [0, 0.1) is 0 Å². The first-order valence-corrected chi connectivity index (χ1v) is 11.4. The molecule has 1 aromatic carbocycles. The molecule has 0 bridgehead atoms. The molecule has 0 fully saturated rings. The Balaban J connectivity index is 2.05. The highest BCUT2D eigenvalue weighted by atomic mass is 35.5. The van der Waals surface area contributed by atoms with Crippen molar-refractivity contribution in [2.75, 3.05) is 6.26 Å². The number of rotatable bonds is 3. The van der Waals surface area contributed by atoms with Crippen LogP contribution >= 0.6 is 11.6 Å². The first-order valence-electron chi connectivity index (χ1n) is 9.09. The molecule has 0 heterocycles. The second-order valence-electron chi connectivity index (χ2n) is 7.08. The number of hydrogen-bond acceptors (Lipinski definition) is 2. The van der Waals surface area contributed by atoms with Crippen LogP contribution in [0.4, 0.5) is 4.39 Å². The molecule has 2 aliphatic carbocycles. The van der Waals surface area contributed by atoms with Crippen LogP contribution in [0.2, 0.25) is 0 Å². The van der Waals surface area contributed by atoms with Crippen molar-refractivity contribution in [3.8, 4) is 0 Å². The van der Waals surface area contributed by atoms with Crippen molar-refractivity contribution in [3.63, 3.8) is 0 Å². The summed E-state index contributed by atoms with van der Waals surface area (Å²) in [5.41, 5.74) is 4.66. The smallest absolute Gasteiger partial charge is 0.175 e. The van der Waals surface area contributed by atoms with E-state index in [-0.39, 0.29) is 5.83 Å². The SMILES string of the molecule is CS(=O)(=O)c1ccc(/C2=C(\C3=CC=C(F)C(Cl)C3)CCCCCC2)cc1. The van der Waals surface area contributed by atoms with Crippen LogP contribution in [0.25, 0.3) is 5.57 Å². The van der Waals surface area contributed by atoms with Gasteiger partial charge in [-0.25, -0.2) is 12.8 Å². The van der Waals surface area contributed by atoms with Gasteiger partial charge in [0.25, 0.3) is 0 Å². The van der Waals surface area contributed by atoms with E-state index in [2.05, 4.69) is 0 Å². The molecule has 1 aromatic rings. The molecule has 0 aromatic heterocycles. The quantitative estimate of drug-likeness (QED) is 0.590. The summed E-state index contributed by atoms with van der Waals surface area (Å²) in [6.07, 6.45) is 11.6. The van der Waals surface area contributed by atoms with Gasteiger partial charge in [-0.15, -0.1) is 11.6 Å². The number of allylic oxidation sites excluding steroid dienone is 6. The highest BCUT2D eigenvalue weighted by Crippen LogP contribution is 2.38. The fourth-order valence-corrected chi connectivity index (χ4v) is 4.57. The Bertz CT molecular complexity index is 864. The molecule has 0 amide bonds. The summed E-state index contributed by atoms with van der Waals surface area (Å²) in [7, 11) is -3.21. The van der Waals surface area contributed by atoms with Gasteiger partial charge in [-0.2, -0.15) is 0 Å². The Kier molecular flexibility index (Phi) is 6.03. The molecule has 0 N–H and O–H groups in total. The van der Waals surface area contributed by atoms with Crippen LogP contribution < -0.4 is 0 Å². The molecule has 0 saturated heterocycles. The van der Waals surface area contributed by atoms with Gasteiger partial charge < -0.3 is 0 Å². The molecule has 3 rings (SSSR count). The van der Waals surface area contributed by atoms with Crippen molar-refractivity contribution in [2.24, 2.45) is 0 Å². The summed E-state index contributed by atoms with van der Waals surface area (Å²) in [6, 6.07) is 7.14. The predicted molar refractivity (Wildman–Crippen MR) is 106 cm³/mol. The molecular formula is C21H24ClFO2S. The van der Waals surface area contributed by atoms with Crippen LogP contribution in [-0.4, -0.2) is 20.1 Å². The van der Waals surface area contributed by atoms with Gasteiger partial charge in [-0.05, 0) is 72.6 Å². The third-order valence-corrected chi connectivity index (χ3v) is 6.62. The van der Waals surface area contributed by atoms with Gasteiger partial charge in [0.1, 0.15) is 5.83 Å². The number of benzene rings is 1. The third-order valence-electron chi connectivity index (χ3n) is 5.13. The van der Waals surface area contributed by atoms with Gasteiger partial charge in [0.15, 0.2) is 9.84 Å². The molecule has 2 nitrogen and oxygen atoms in total. The molecule has 1 unspecified atom stereocenters. The van der Waals surface area contributed by atoms with E-state index in [9.17, 15) is 12.8 Å². The van der Waals surface area contributed by atoms with Crippen molar-refractivity contribution in [1.82, 2.24) is 0 Å². The second kappa shape index (κ2) is 8.10. The van der Waals surface area contributed by atoms with E-state index in [1.54, 1.807) is 12.1 Å². The Hall–Kier alpha value is -1.39. The molecule has 140 valence electrons. The Labute approximate surface area is 160 Å². The van der Waals surface area contributed by atoms with Gasteiger partial charge in [0.05, 0.1) is 10.3 Å². The van der Waals surface area contributed by atoms with E-state index < -0.39 is 15.2 Å². The Morgan fingerprint density at radius 3 is 2.15 bits per heavy atom. The zero-order valence-electron chi connectivity index (χ0n) is 15.0. The van der Waals surface area contributed by atoms with Crippen molar-refractivity contribution < 1.29 is 12.8 Å². The Morgan fingerprint density at radius 1 is 0.962 bits per heavy atom. The number of sulfone groups is 1. The molecule has 0 radical (unpaired) electrons. The zero-order chi connectivity index (χ0) is 18.7. The van der Waals surface area contributed by atoms with Gasteiger partial charge in [0, 0.05) is 6.26 Å². The molecule has 0 spiro atoms. The molecule has 2 aliphatic rings. The second-order valence-corrected chi connectivity index (χ2v) is 9.63. The lowest BCUT2D eigenvalue weighted by Crippen LogP contribution is -2.09. The Morgan fingerprint density at radius 2 is 1.58 bits per heavy atom. The lowest BCUT2D eigenvalue weighted by molar-refractivity contribution is 0.583. The van der Waals surface area contributed by atoms with Gasteiger partial charge >= 0.3 is 0 Å². The van der Waals surface area contributed by atoms with Crippen LogP contribution in [0.5, 0.6) is 0 Å². The lowest BCUT2D eigenvalue weighted by atomic mass is 9.83. The highest BCUT2D eigenvalue weighted by Gasteiger charge is 2.22. The lowest BCUT2D eigenvalue weighted by Gasteiger charge is -2.24. The van der Waals surface area contributed by atoms with Crippen molar-refractivity contribution in [3.05, 3.63) is 59.0 Å². The standard InChI is InChI=1S/C21H24ClFO2S/c1-26(24,25)17-11-8-15(9-12-17)18-6-4-2-3-5-7-19(18)16-10-13-21(23)20(22)14-16/h8-13,20H,2-7,14H2,1H3/b19-18-. The van der Waals surface area contributed by atoms with Gasteiger partial charge in [-0.1, -0.05) is 31.1 Å². The molecule has 5 heteroatoms. The average Bonchev–Trinajstić information content (AvgIpc) is 2.57. The van der Waals surface area contributed by atoms with E-state index in [1.807, 2.05) is 18.2 Å². The van der Waals surface area contributed by atoms with Crippen LogP contribution in [0.1, 0.15) is 50.5 Å². The van der Waals surface area contributed by atoms with Crippen molar-refractivity contribution >= 4 is 27.0 Å². The molecule has 1 atom stereocenters. The van der Waals surface area contributed by atoms with Crippen LogP contribution in [0.3, 0.4) is 0 Å². The first kappa shape index (κ1) is 19.4. The maximum absolute atomic E-state index is 13.7. The minimum Gasteiger partial charge on any atom is -0.224 e. The molecule has 0 saturated carbocycles. The van der Waals surface area contributed by atoms with Crippen LogP contribution in [0.15, 0.2) is 58.3 Å². The summed E-state index contributed by atoms with van der Waals surface area (Å²) < 4.78 is 37.1. The number of alkyl halides is 1. The van der Waals surface area contributed by atoms with Crippen LogP contribution in [-0.2, 0) is 9.84 Å². The van der Waals surface area contributed by atoms with E-state index in [1.165, 1.54) is 36.3 Å². The summed E-state index contributed by atoms with van der Waals surface area (Å²) in [5, 5.41) is -0.596. The largest absolute Gasteiger partial charge is 0.224 e. The normalized spacial score (nSPS) is 25.1. The van der Waals surface area contributed by atoms with E-state index in [4.69, 9.17) is 11.6 Å². The van der Waals surface area contributed by atoms with E-state index >= 15 is 0 Å². The van der Waals surface area contributed by atoms with E-state index in [0.717, 1.165) is 36.8 Å². The fourth-order valence-electron chi connectivity index (χ4n) is 3.70. The molecule has 26 heavy (non-hydrogen) atoms. The summed E-state index contributed by atoms with van der Waals surface area (Å²) in [6.45, 7) is 0. The topological polar surface area (TPSA) is 34.1 Å². The van der Waals surface area contributed by atoms with Crippen molar-refractivity contribution in [2.45, 2.75) is 55.2 Å². The monoisotopic (exact) mass is 394 g/mol. The van der Waals surface area contributed by atoms with E-state index in [0.29, 0.717) is 11.3 Å². The highest BCUT2D eigenvalue weighted by molar-refractivity contribution is 7.90. The molecular weight excluding hydrogens is 371 g/mol. The maximum atomic E-state index is 13.7. The minimum absolute atomic E-state index is 0.277. The first-order chi connectivity index (χ1) is 12.4. The average molecular weight is 395 g/mol. The third kappa shape index (κ3) is 4.47. The molecule has 0 aliphatic heterocycles. The van der Waals surface area contributed by atoms with Gasteiger partial charge in [0.2, 0.25) is 0 Å². The number of halogens is 2. The fraction of sp³-hybridized carbons (Fsp3) is 0.429. The van der Waals surface area contributed by atoms with Crippen molar-refractivity contribution in [1.29, 1.82) is 0 Å². The summed E-state index contributed by atoms with van der Waals surface area (Å²) >= 11 is 6.15. The summed E-state index contributed by atoms with van der Waals surface area (Å²) in [4.78, 5) is 0.331.